The largest absolute Gasteiger partial charge is 0.242 e. The minimum atomic E-state index is 0.419. The second-order valence-corrected chi connectivity index (χ2v) is 1.66. The molecule has 0 atom stereocenters. The van der Waals surface area contributed by atoms with E-state index in [4.69, 9.17) is 5.26 Å². The molecule has 0 fully saturated rings. The Morgan fingerprint density at radius 1 is 1.36 bits per heavy atom. The lowest BCUT2D eigenvalue weighted by Gasteiger charge is -1.87. The van der Waals surface area contributed by atoms with Gasteiger partial charge in [0.15, 0.2) is 0 Å². The molecule has 0 unspecified atom stereocenters. The minimum absolute atomic E-state index is 0.419. The molecule has 0 radical (unpaired) electrons. The van der Waals surface area contributed by atoms with Crippen LogP contribution in [0, 0.1) is 18.3 Å². The highest BCUT2D eigenvalue weighted by atomic mass is 14.8. The highest BCUT2D eigenvalue weighted by Gasteiger charge is 1.88. The zero-order valence-corrected chi connectivity index (χ0v) is 7.00. The Kier molecular flexibility index (Phi) is 4.67. The van der Waals surface area contributed by atoms with Gasteiger partial charge in [0, 0.05) is 5.69 Å². The van der Waals surface area contributed by atoms with Crippen LogP contribution in [0.1, 0.15) is 25.2 Å². The standard InChI is InChI=1S/C6H5N3.C2H6/c1-5-2-6(3-7)9-4-8-5;1-2/h2,4H,1H3;1-2H3. The fourth-order valence-corrected chi connectivity index (χ4v) is 0.516. The predicted octanol–water partition coefficient (Wildman–Crippen LogP) is 1.68. The molecular weight excluding hydrogens is 138 g/mol. The van der Waals surface area contributed by atoms with E-state index in [-0.39, 0.29) is 0 Å². The van der Waals surface area contributed by atoms with Gasteiger partial charge in [0.05, 0.1) is 0 Å². The molecule has 3 nitrogen and oxygen atoms in total. The average molecular weight is 149 g/mol. The van der Waals surface area contributed by atoms with Crippen molar-refractivity contribution < 1.29 is 0 Å². The number of rotatable bonds is 0. The Labute approximate surface area is 66.7 Å². The molecule has 11 heavy (non-hydrogen) atoms. The van der Waals surface area contributed by atoms with Crippen LogP contribution in [-0.2, 0) is 0 Å². The molecule has 1 aromatic heterocycles. The minimum Gasteiger partial charge on any atom is -0.242 e. The second-order valence-electron chi connectivity index (χ2n) is 1.66. The summed E-state index contributed by atoms with van der Waals surface area (Å²) in [5.41, 5.74) is 1.24. The van der Waals surface area contributed by atoms with Crippen LogP contribution in [0.4, 0.5) is 0 Å². The van der Waals surface area contributed by atoms with Crippen molar-refractivity contribution in [3.8, 4) is 6.07 Å². The molecule has 1 rings (SSSR count). The van der Waals surface area contributed by atoms with Gasteiger partial charge in [-0.3, -0.25) is 0 Å². The van der Waals surface area contributed by atoms with E-state index in [1.165, 1.54) is 6.33 Å². The maximum absolute atomic E-state index is 8.32. The lowest BCUT2D eigenvalue weighted by Crippen LogP contribution is -1.85. The van der Waals surface area contributed by atoms with E-state index in [1.54, 1.807) is 6.07 Å². The van der Waals surface area contributed by atoms with Crippen LogP contribution in [0.15, 0.2) is 12.4 Å². The second kappa shape index (κ2) is 5.36. The summed E-state index contributed by atoms with van der Waals surface area (Å²) < 4.78 is 0. The van der Waals surface area contributed by atoms with Crippen LogP contribution in [0.5, 0.6) is 0 Å². The van der Waals surface area contributed by atoms with Gasteiger partial charge in [-0.05, 0) is 13.0 Å². The van der Waals surface area contributed by atoms with Gasteiger partial charge in [-0.1, -0.05) is 13.8 Å². The van der Waals surface area contributed by atoms with E-state index in [0.29, 0.717) is 5.69 Å². The number of hydrogen-bond acceptors (Lipinski definition) is 3. The number of hydrogen-bond donors (Lipinski definition) is 0. The Morgan fingerprint density at radius 3 is 2.36 bits per heavy atom. The third kappa shape index (κ3) is 3.31. The van der Waals surface area contributed by atoms with Gasteiger partial charge in [-0.25, -0.2) is 9.97 Å². The van der Waals surface area contributed by atoms with Gasteiger partial charge in [0.25, 0.3) is 0 Å². The average Bonchev–Trinajstić information content (AvgIpc) is 2.08. The smallest absolute Gasteiger partial charge is 0.144 e. The maximum atomic E-state index is 8.32. The zero-order chi connectivity index (χ0) is 8.69. The number of aromatic nitrogens is 2. The molecule has 0 saturated heterocycles. The lowest BCUT2D eigenvalue weighted by atomic mass is 10.4. The number of nitrogens with zero attached hydrogens (tertiary/aromatic N) is 3. The van der Waals surface area contributed by atoms with Crippen LogP contribution in [0.2, 0.25) is 0 Å². The van der Waals surface area contributed by atoms with Gasteiger partial charge in [0.1, 0.15) is 18.1 Å². The van der Waals surface area contributed by atoms with Crippen LogP contribution in [0.25, 0.3) is 0 Å². The fraction of sp³-hybridized carbons (Fsp3) is 0.375. The molecule has 1 aromatic rings. The molecule has 0 aliphatic carbocycles. The lowest BCUT2D eigenvalue weighted by molar-refractivity contribution is 1.08. The van der Waals surface area contributed by atoms with E-state index >= 15 is 0 Å². The first-order chi connectivity index (χ1) is 5.33. The highest BCUT2D eigenvalue weighted by Crippen LogP contribution is 1.92. The summed E-state index contributed by atoms with van der Waals surface area (Å²) in [6, 6.07) is 3.56. The van der Waals surface area contributed by atoms with E-state index < -0.39 is 0 Å². The quantitative estimate of drug-likeness (QED) is 0.564. The summed E-state index contributed by atoms with van der Waals surface area (Å²) in [5, 5.41) is 8.32. The van der Waals surface area contributed by atoms with E-state index in [9.17, 15) is 0 Å². The molecule has 0 saturated carbocycles. The van der Waals surface area contributed by atoms with Crippen molar-refractivity contribution >= 4 is 0 Å². The van der Waals surface area contributed by atoms with Crippen molar-refractivity contribution in [3.63, 3.8) is 0 Å². The summed E-state index contributed by atoms with van der Waals surface area (Å²) >= 11 is 0. The molecule has 0 aliphatic heterocycles. The summed E-state index contributed by atoms with van der Waals surface area (Å²) in [5.74, 6) is 0. The van der Waals surface area contributed by atoms with Crippen LogP contribution < -0.4 is 0 Å². The van der Waals surface area contributed by atoms with Crippen molar-refractivity contribution in [2.24, 2.45) is 0 Å². The first-order valence-electron chi connectivity index (χ1n) is 3.51. The highest BCUT2D eigenvalue weighted by molar-refractivity contribution is 5.19. The Hall–Kier alpha value is -1.43. The van der Waals surface area contributed by atoms with E-state index in [0.717, 1.165) is 5.69 Å². The van der Waals surface area contributed by atoms with Crippen molar-refractivity contribution in [1.82, 2.24) is 9.97 Å². The van der Waals surface area contributed by atoms with Crippen LogP contribution in [0.3, 0.4) is 0 Å². The third-order valence-electron chi connectivity index (χ3n) is 0.918. The van der Waals surface area contributed by atoms with Gasteiger partial charge < -0.3 is 0 Å². The van der Waals surface area contributed by atoms with Crippen molar-refractivity contribution in [2.75, 3.05) is 0 Å². The fourth-order valence-electron chi connectivity index (χ4n) is 0.516. The molecule has 0 spiro atoms. The van der Waals surface area contributed by atoms with Crippen molar-refractivity contribution in [2.45, 2.75) is 20.8 Å². The maximum Gasteiger partial charge on any atom is 0.144 e. The molecular formula is C8H11N3. The predicted molar refractivity (Wildman–Crippen MR) is 42.8 cm³/mol. The Balaban J connectivity index is 0.000000461. The number of aryl methyl sites for hydroxylation is 1. The van der Waals surface area contributed by atoms with E-state index in [1.807, 2.05) is 26.8 Å². The van der Waals surface area contributed by atoms with Gasteiger partial charge in [0.2, 0.25) is 0 Å². The van der Waals surface area contributed by atoms with Gasteiger partial charge in [-0.2, -0.15) is 5.26 Å². The molecule has 1 heterocycles. The van der Waals surface area contributed by atoms with Crippen molar-refractivity contribution in [3.05, 3.63) is 23.8 Å². The first kappa shape index (κ1) is 9.57. The summed E-state index contributed by atoms with van der Waals surface area (Å²) in [6.45, 7) is 5.82. The molecule has 0 N–H and O–H groups in total. The molecule has 58 valence electrons. The normalized spacial score (nSPS) is 7.45. The van der Waals surface area contributed by atoms with Gasteiger partial charge >= 0.3 is 0 Å². The van der Waals surface area contributed by atoms with Gasteiger partial charge in [-0.15, -0.1) is 0 Å². The Morgan fingerprint density at radius 2 is 2.00 bits per heavy atom. The van der Waals surface area contributed by atoms with Crippen LogP contribution >= 0.6 is 0 Å². The molecule has 0 aromatic carbocycles. The Bertz CT molecular complexity index is 250. The summed E-state index contributed by atoms with van der Waals surface area (Å²) in [6.07, 6.45) is 1.38. The summed E-state index contributed by atoms with van der Waals surface area (Å²) in [4.78, 5) is 7.51. The van der Waals surface area contributed by atoms with Crippen molar-refractivity contribution in [1.29, 1.82) is 5.26 Å². The topological polar surface area (TPSA) is 49.6 Å². The first-order valence-corrected chi connectivity index (χ1v) is 3.51. The molecule has 0 amide bonds. The molecule has 0 aliphatic rings. The zero-order valence-electron chi connectivity index (χ0n) is 7.00. The monoisotopic (exact) mass is 149 g/mol. The third-order valence-corrected chi connectivity index (χ3v) is 0.918. The molecule has 3 heteroatoms. The van der Waals surface area contributed by atoms with Crippen LogP contribution in [-0.4, -0.2) is 9.97 Å². The van der Waals surface area contributed by atoms with E-state index in [2.05, 4.69) is 9.97 Å². The number of nitriles is 1. The summed E-state index contributed by atoms with van der Waals surface area (Å²) in [7, 11) is 0. The molecule has 0 bridgehead atoms. The SMILES string of the molecule is CC.Cc1cc(C#N)ncn1.